The van der Waals surface area contributed by atoms with Crippen molar-refractivity contribution in [2.45, 2.75) is 67.0 Å². The second-order valence-corrected chi connectivity index (χ2v) is 21.1. The number of hydrogen-bond donors (Lipinski definition) is 0. The van der Waals surface area contributed by atoms with Crippen LogP contribution in [0.1, 0.15) is 39.2 Å². The zero-order chi connectivity index (χ0) is 25.8. The predicted molar refractivity (Wildman–Crippen MR) is 178 cm³/mol. The van der Waals surface area contributed by atoms with E-state index in [1.54, 1.807) is 23.3 Å². The zero-order valence-corrected chi connectivity index (χ0v) is 33.0. The van der Waals surface area contributed by atoms with Gasteiger partial charge in [-0.05, 0) is 12.1 Å². The molecule has 2 heterocycles. The first-order valence-electron chi connectivity index (χ1n) is 12.0. The van der Waals surface area contributed by atoms with Gasteiger partial charge in [0.05, 0.1) is 10.8 Å². The molecule has 0 radical (unpaired) electrons. The fourth-order valence-electron chi connectivity index (χ4n) is 3.54. The average molecular weight is 687 g/mol. The minimum absolute atomic E-state index is 0. The van der Waals surface area contributed by atoms with Crippen molar-refractivity contribution in [1.82, 2.24) is 0 Å². The van der Waals surface area contributed by atoms with Gasteiger partial charge in [-0.2, -0.15) is 35.5 Å². The molecule has 0 aromatic carbocycles. The van der Waals surface area contributed by atoms with E-state index in [0.717, 1.165) is 22.7 Å². The van der Waals surface area contributed by atoms with Gasteiger partial charge in [0.15, 0.2) is 0 Å². The summed E-state index contributed by atoms with van der Waals surface area (Å²) in [6.07, 6.45) is 11.2. The summed E-state index contributed by atoms with van der Waals surface area (Å²) in [5.41, 5.74) is 4.96. The van der Waals surface area contributed by atoms with Crippen molar-refractivity contribution in [3.8, 4) is 0 Å². The molecule has 0 amide bonds. The van der Waals surface area contributed by atoms with Gasteiger partial charge in [-0.15, -0.1) is 36.0 Å². The zero-order valence-electron chi connectivity index (χ0n) is 25.5. The third-order valence-corrected chi connectivity index (χ3v) is 9.57. The Labute approximate surface area is 264 Å². The Morgan fingerprint density at radius 3 is 1.13 bits per heavy atom. The van der Waals surface area contributed by atoms with Gasteiger partial charge < -0.3 is 23.7 Å². The van der Waals surface area contributed by atoms with Crippen molar-refractivity contribution in [3.63, 3.8) is 0 Å². The average Bonchev–Trinajstić information content (AvgIpc) is 3.52. The SMILES string of the molecule is CC1=CC(c2ccc([Si](C)(C)C)o2)=[C-]C1C.CC1=CC(c2ccc([Si](C)(C)C)o2)=[C-]C1C.Cl.Cl.[CH3-].[CH3-].[SiH2]=[Zr]. The van der Waals surface area contributed by atoms with Crippen LogP contribution >= 0.6 is 24.8 Å². The molecule has 0 fully saturated rings. The molecular weight excluding hydrogens is 639 g/mol. The molecule has 2 aliphatic rings. The molecule has 2 atom stereocenters. The van der Waals surface area contributed by atoms with Crippen LogP contribution in [0.3, 0.4) is 0 Å². The predicted octanol–water partition coefficient (Wildman–Crippen LogP) is 8.04. The van der Waals surface area contributed by atoms with Crippen LogP contribution in [0.15, 0.2) is 56.4 Å². The summed E-state index contributed by atoms with van der Waals surface area (Å²) in [4.78, 5) is 0. The van der Waals surface area contributed by atoms with Crippen molar-refractivity contribution >= 4 is 69.8 Å². The Hall–Kier alpha value is -0.366. The second-order valence-electron chi connectivity index (χ2n) is 11.2. The van der Waals surface area contributed by atoms with Crippen LogP contribution in [0.2, 0.25) is 39.3 Å². The van der Waals surface area contributed by atoms with Gasteiger partial charge >= 0.3 is 30.2 Å². The fraction of sp³-hybridized carbons (Fsp3) is 0.400. The summed E-state index contributed by atoms with van der Waals surface area (Å²) >= 11 is 1.58. The topological polar surface area (TPSA) is 26.3 Å². The van der Waals surface area contributed by atoms with E-state index in [-0.39, 0.29) is 39.7 Å². The summed E-state index contributed by atoms with van der Waals surface area (Å²) in [5, 5.41) is 2.34. The molecule has 2 aliphatic carbocycles. The van der Waals surface area contributed by atoms with Crippen LogP contribution in [-0.2, 0) is 23.3 Å². The van der Waals surface area contributed by atoms with E-state index in [2.05, 4.69) is 116 Å². The number of rotatable bonds is 4. The van der Waals surface area contributed by atoms with Gasteiger partial charge in [0.1, 0.15) is 16.1 Å². The van der Waals surface area contributed by atoms with E-state index in [9.17, 15) is 0 Å². The van der Waals surface area contributed by atoms with Crippen LogP contribution in [-0.4, -0.2) is 23.0 Å². The molecule has 2 aromatic rings. The summed E-state index contributed by atoms with van der Waals surface area (Å²) in [6, 6.07) is 8.42. The summed E-state index contributed by atoms with van der Waals surface area (Å²) in [5.74, 6) is 2.80. The molecule has 38 heavy (non-hydrogen) atoms. The molecule has 214 valence electrons. The van der Waals surface area contributed by atoms with E-state index >= 15 is 0 Å². The van der Waals surface area contributed by atoms with Crippen molar-refractivity contribution in [2.24, 2.45) is 11.8 Å². The van der Waals surface area contributed by atoms with Crippen LogP contribution in [0.25, 0.3) is 11.1 Å². The van der Waals surface area contributed by atoms with Crippen molar-refractivity contribution in [2.75, 3.05) is 0 Å². The molecule has 0 N–H and O–H groups in total. The molecule has 0 saturated heterocycles. The van der Waals surface area contributed by atoms with Crippen LogP contribution in [0, 0.1) is 38.8 Å². The molecule has 2 unspecified atom stereocenters. The van der Waals surface area contributed by atoms with Gasteiger partial charge in [0.2, 0.25) is 0 Å². The normalized spacial score (nSPS) is 17.7. The maximum atomic E-state index is 5.95. The molecule has 0 saturated carbocycles. The van der Waals surface area contributed by atoms with Crippen molar-refractivity contribution in [1.29, 1.82) is 0 Å². The quantitative estimate of drug-likeness (QED) is 0.241. The monoisotopic (exact) mass is 684 g/mol. The molecule has 0 spiro atoms. The molecule has 0 aliphatic heterocycles. The fourth-order valence-corrected chi connectivity index (χ4v) is 5.54. The molecule has 2 nitrogen and oxygen atoms in total. The standard InChI is InChI=1S/2C14H19OSi.2CH3.2ClH.H2Si.Zr/c2*1-10-8-12(9-11(10)2)13-6-7-14(15-13)16(3,4)5;;;;;;/h2*6-8,11H,1-5H3;2*1H3;2*1H;1H2;/q4*-1;;;;. The number of halogens is 2. The van der Waals surface area contributed by atoms with E-state index < -0.39 is 16.1 Å². The van der Waals surface area contributed by atoms with Crippen LogP contribution in [0.5, 0.6) is 0 Å². The van der Waals surface area contributed by atoms with Gasteiger partial charge in [-0.3, -0.25) is 0 Å². The van der Waals surface area contributed by atoms with Gasteiger partial charge in [-0.1, -0.05) is 90.9 Å². The first kappa shape index (κ1) is 42.1. The molecular formula is C30H48Cl2O2Si3Zr-4. The Kier molecular flexibility index (Phi) is 19.3. The van der Waals surface area contributed by atoms with E-state index in [1.165, 1.54) is 21.9 Å². The second kappa shape index (κ2) is 17.4. The molecule has 8 heteroatoms. The number of allylic oxidation sites excluding steroid dienone is 8. The first-order chi connectivity index (χ1) is 15.8. The Morgan fingerprint density at radius 1 is 0.658 bits per heavy atom. The van der Waals surface area contributed by atoms with Gasteiger partial charge in [0, 0.05) is 11.5 Å². The third-order valence-electron chi connectivity index (χ3n) is 6.08. The molecule has 2 aromatic heterocycles. The van der Waals surface area contributed by atoms with Gasteiger partial charge in [-0.25, -0.2) is 0 Å². The Balaban J connectivity index is -0.000000551. The molecule has 0 bridgehead atoms. The van der Waals surface area contributed by atoms with Gasteiger partial charge in [0.25, 0.3) is 0 Å². The van der Waals surface area contributed by atoms with Crippen LogP contribution < -0.4 is 10.8 Å². The number of furan rings is 2. The maximum absolute atomic E-state index is 5.95. The van der Waals surface area contributed by atoms with Crippen LogP contribution in [0.4, 0.5) is 0 Å². The van der Waals surface area contributed by atoms with E-state index in [1.807, 2.05) is 6.88 Å². The number of hydrogen-bond acceptors (Lipinski definition) is 2. The molecule has 4 rings (SSSR count). The first-order valence-corrected chi connectivity index (χ1v) is 24.9. The minimum atomic E-state index is -1.33. The van der Waals surface area contributed by atoms with E-state index in [4.69, 9.17) is 8.83 Å². The summed E-state index contributed by atoms with van der Waals surface area (Å²) in [6.45, 7) is 24.4. The third kappa shape index (κ3) is 11.3. The Morgan fingerprint density at radius 2 is 0.947 bits per heavy atom. The van der Waals surface area contributed by atoms with E-state index in [0.29, 0.717) is 11.8 Å². The summed E-state index contributed by atoms with van der Waals surface area (Å²) in [7, 11) is -2.65. The van der Waals surface area contributed by atoms with Crippen molar-refractivity contribution in [3.05, 3.63) is 86.1 Å². The Bertz CT molecular complexity index is 1040. The summed E-state index contributed by atoms with van der Waals surface area (Å²) < 4.78 is 11.9. The van der Waals surface area contributed by atoms with Crippen molar-refractivity contribution < 1.29 is 32.2 Å².